The van der Waals surface area contributed by atoms with Crippen LogP contribution in [-0.4, -0.2) is 87.1 Å². The Hall–Kier alpha value is -2.23. The van der Waals surface area contributed by atoms with Crippen LogP contribution in [0, 0.1) is 4.77 Å². The predicted octanol–water partition coefficient (Wildman–Crippen LogP) is 2.81. The molecule has 4 rings (SSSR count). The van der Waals surface area contributed by atoms with E-state index in [0.29, 0.717) is 48.3 Å². The number of rotatable bonds is 5. The molecule has 1 N–H and O–H groups in total. The SMILES string of the molecule is O=C(CN1CCN(C(=O)Cn2c(-c3ccc(Cl)cc3)n[nH]c2=S)CC1)N1CCCCCC1. The van der Waals surface area contributed by atoms with Gasteiger partial charge in [0, 0.05) is 49.9 Å². The Kier molecular flexibility index (Phi) is 7.59. The molecule has 2 saturated heterocycles. The molecule has 8 nitrogen and oxygen atoms in total. The number of H-pyrrole nitrogens is 1. The molecule has 32 heavy (non-hydrogen) atoms. The van der Waals surface area contributed by atoms with Crippen molar-refractivity contribution in [3.05, 3.63) is 34.1 Å². The minimum absolute atomic E-state index is 0.00351. The number of halogens is 1. The predicted molar refractivity (Wildman–Crippen MR) is 126 cm³/mol. The molecule has 0 saturated carbocycles. The first kappa shape index (κ1) is 22.9. The van der Waals surface area contributed by atoms with Gasteiger partial charge in [0.25, 0.3) is 0 Å². The van der Waals surface area contributed by atoms with E-state index >= 15 is 0 Å². The van der Waals surface area contributed by atoms with Crippen molar-refractivity contribution in [2.75, 3.05) is 45.8 Å². The molecular formula is C22H29ClN6O2S. The van der Waals surface area contributed by atoms with Gasteiger partial charge in [0.2, 0.25) is 11.8 Å². The maximum atomic E-state index is 13.0. The third-order valence-corrected chi connectivity index (χ3v) is 6.76. The molecule has 1 aromatic carbocycles. The number of benzene rings is 1. The lowest BCUT2D eigenvalue weighted by Crippen LogP contribution is -2.52. The second kappa shape index (κ2) is 10.6. The number of likely N-dealkylation sites (tertiary alicyclic amines) is 1. The number of carbonyl (C=O) groups excluding carboxylic acids is 2. The summed E-state index contributed by atoms with van der Waals surface area (Å²) >= 11 is 11.3. The van der Waals surface area contributed by atoms with Gasteiger partial charge in [-0.05, 0) is 49.3 Å². The van der Waals surface area contributed by atoms with E-state index in [0.717, 1.165) is 31.5 Å². The highest BCUT2D eigenvalue weighted by atomic mass is 35.5. The average molecular weight is 477 g/mol. The van der Waals surface area contributed by atoms with E-state index in [4.69, 9.17) is 23.8 Å². The molecule has 2 fully saturated rings. The Labute approximate surface area is 198 Å². The van der Waals surface area contributed by atoms with Gasteiger partial charge >= 0.3 is 0 Å². The molecule has 0 atom stereocenters. The van der Waals surface area contributed by atoms with Crippen molar-refractivity contribution in [2.45, 2.75) is 32.2 Å². The molecule has 172 valence electrons. The molecule has 3 heterocycles. The summed E-state index contributed by atoms with van der Waals surface area (Å²) in [6.07, 6.45) is 4.63. The molecular weight excluding hydrogens is 448 g/mol. The van der Waals surface area contributed by atoms with Crippen LogP contribution in [0.1, 0.15) is 25.7 Å². The molecule has 0 unspecified atom stereocenters. The Morgan fingerprint density at radius 2 is 1.47 bits per heavy atom. The number of piperazine rings is 1. The fourth-order valence-corrected chi connectivity index (χ4v) is 4.61. The summed E-state index contributed by atoms with van der Waals surface area (Å²) in [5, 5.41) is 7.71. The number of hydrogen-bond acceptors (Lipinski definition) is 5. The van der Waals surface area contributed by atoms with E-state index in [1.165, 1.54) is 12.8 Å². The van der Waals surface area contributed by atoms with E-state index < -0.39 is 0 Å². The van der Waals surface area contributed by atoms with E-state index in [9.17, 15) is 9.59 Å². The molecule has 10 heteroatoms. The maximum absolute atomic E-state index is 13.0. The van der Waals surface area contributed by atoms with Crippen LogP contribution >= 0.6 is 23.8 Å². The van der Waals surface area contributed by atoms with Gasteiger partial charge in [0.1, 0.15) is 6.54 Å². The fourth-order valence-electron chi connectivity index (χ4n) is 4.29. The number of carbonyl (C=O) groups is 2. The van der Waals surface area contributed by atoms with Crippen LogP contribution in [0.5, 0.6) is 0 Å². The van der Waals surface area contributed by atoms with Crippen molar-refractivity contribution >= 4 is 35.6 Å². The Morgan fingerprint density at radius 3 is 2.12 bits per heavy atom. The van der Waals surface area contributed by atoms with E-state index in [2.05, 4.69) is 15.1 Å². The number of nitrogens with one attached hydrogen (secondary N) is 1. The lowest BCUT2D eigenvalue weighted by molar-refractivity contribution is -0.135. The smallest absolute Gasteiger partial charge is 0.242 e. The summed E-state index contributed by atoms with van der Waals surface area (Å²) in [4.78, 5) is 31.6. The van der Waals surface area contributed by atoms with Gasteiger partial charge in [-0.25, -0.2) is 0 Å². The molecule has 0 spiro atoms. The van der Waals surface area contributed by atoms with E-state index in [1.807, 2.05) is 21.9 Å². The van der Waals surface area contributed by atoms with E-state index in [-0.39, 0.29) is 18.4 Å². The van der Waals surface area contributed by atoms with Crippen molar-refractivity contribution in [2.24, 2.45) is 0 Å². The molecule has 0 radical (unpaired) electrons. The molecule has 0 bridgehead atoms. The van der Waals surface area contributed by atoms with Crippen molar-refractivity contribution in [1.29, 1.82) is 0 Å². The number of hydrogen-bond donors (Lipinski definition) is 1. The van der Waals surface area contributed by atoms with Gasteiger partial charge in [-0.1, -0.05) is 24.4 Å². The Balaban J connectivity index is 1.32. The zero-order chi connectivity index (χ0) is 22.5. The average Bonchev–Trinajstić information content (AvgIpc) is 2.99. The van der Waals surface area contributed by atoms with Crippen LogP contribution in [0.2, 0.25) is 5.02 Å². The lowest BCUT2D eigenvalue weighted by Gasteiger charge is -2.35. The number of aromatic amines is 1. The minimum atomic E-state index is -0.00351. The summed E-state index contributed by atoms with van der Waals surface area (Å²) in [6.45, 7) is 4.92. The standard InChI is InChI=1S/C22H29ClN6O2S/c23-18-7-5-17(6-8-18)21-24-25-22(32)29(21)16-20(31)28-13-11-26(12-14-28)15-19(30)27-9-3-1-2-4-10-27/h5-8H,1-4,9-16H2,(H,25,32). The first-order valence-electron chi connectivity index (χ1n) is 11.2. The third kappa shape index (κ3) is 5.57. The fraction of sp³-hybridized carbons (Fsp3) is 0.545. The highest BCUT2D eigenvalue weighted by Crippen LogP contribution is 2.20. The summed E-state index contributed by atoms with van der Waals surface area (Å²) in [7, 11) is 0. The van der Waals surface area contributed by atoms with Crippen molar-refractivity contribution in [3.63, 3.8) is 0 Å². The minimum Gasteiger partial charge on any atom is -0.342 e. The topological polar surface area (TPSA) is 77.5 Å². The van der Waals surface area contributed by atoms with Gasteiger partial charge in [0.15, 0.2) is 10.6 Å². The van der Waals surface area contributed by atoms with Gasteiger partial charge in [-0.3, -0.25) is 24.2 Å². The third-order valence-electron chi connectivity index (χ3n) is 6.20. The zero-order valence-corrected chi connectivity index (χ0v) is 19.7. The van der Waals surface area contributed by atoms with Gasteiger partial charge in [0.05, 0.1) is 6.54 Å². The molecule has 2 aliphatic rings. The van der Waals surface area contributed by atoms with Gasteiger partial charge < -0.3 is 9.80 Å². The van der Waals surface area contributed by atoms with Crippen LogP contribution in [0.3, 0.4) is 0 Å². The molecule has 0 aliphatic carbocycles. The molecule has 2 aliphatic heterocycles. The van der Waals surface area contributed by atoms with Crippen molar-refractivity contribution in [3.8, 4) is 11.4 Å². The van der Waals surface area contributed by atoms with E-state index in [1.54, 1.807) is 16.7 Å². The zero-order valence-electron chi connectivity index (χ0n) is 18.1. The maximum Gasteiger partial charge on any atom is 0.242 e. The first-order chi connectivity index (χ1) is 15.5. The number of amides is 2. The normalized spacial score (nSPS) is 17.9. The van der Waals surface area contributed by atoms with Crippen molar-refractivity contribution in [1.82, 2.24) is 29.5 Å². The number of aromatic nitrogens is 3. The summed E-state index contributed by atoms with van der Waals surface area (Å²) in [5.74, 6) is 0.821. The van der Waals surface area contributed by atoms with Crippen LogP contribution in [-0.2, 0) is 16.1 Å². The quantitative estimate of drug-likeness (QED) is 0.671. The summed E-state index contributed by atoms with van der Waals surface area (Å²) in [6, 6.07) is 7.28. The van der Waals surface area contributed by atoms with Crippen LogP contribution in [0.4, 0.5) is 0 Å². The van der Waals surface area contributed by atoms with Gasteiger partial charge in [-0.15, -0.1) is 0 Å². The largest absolute Gasteiger partial charge is 0.342 e. The van der Waals surface area contributed by atoms with Gasteiger partial charge in [-0.2, -0.15) is 5.10 Å². The summed E-state index contributed by atoms with van der Waals surface area (Å²) < 4.78 is 2.13. The molecule has 1 aromatic heterocycles. The first-order valence-corrected chi connectivity index (χ1v) is 12.0. The molecule has 2 aromatic rings. The highest BCUT2D eigenvalue weighted by Gasteiger charge is 2.25. The Bertz CT molecular complexity index is 989. The van der Waals surface area contributed by atoms with Crippen LogP contribution < -0.4 is 0 Å². The second-order valence-corrected chi connectivity index (χ2v) is 9.22. The number of nitrogens with zero attached hydrogens (tertiary/aromatic N) is 5. The monoisotopic (exact) mass is 476 g/mol. The summed E-state index contributed by atoms with van der Waals surface area (Å²) in [5.41, 5.74) is 0.839. The highest BCUT2D eigenvalue weighted by molar-refractivity contribution is 7.71. The Morgan fingerprint density at radius 1 is 0.875 bits per heavy atom. The molecule has 2 amide bonds. The van der Waals surface area contributed by atoms with Crippen LogP contribution in [0.15, 0.2) is 24.3 Å². The van der Waals surface area contributed by atoms with Crippen molar-refractivity contribution < 1.29 is 9.59 Å². The van der Waals surface area contributed by atoms with Crippen LogP contribution in [0.25, 0.3) is 11.4 Å². The second-order valence-electron chi connectivity index (χ2n) is 8.40. The lowest BCUT2D eigenvalue weighted by atomic mass is 10.2.